The van der Waals surface area contributed by atoms with Crippen LogP contribution in [0.2, 0.25) is 0 Å². The Kier molecular flexibility index (Phi) is 6.21. The summed E-state index contributed by atoms with van der Waals surface area (Å²) in [6, 6.07) is 3.77. The minimum absolute atomic E-state index is 0.0436. The summed E-state index contributed by atoms with van der Waals surface area (Å²) in [5.41, 5.74) is 1.05. The molecule has 1 amide bonds. The molecule has 0 aliphatic rings. The van der Waals surface area contributed by atoms with Crippen molar-refractivity contribution in [2.45, 2.75) is 6.54 Å². The van der Waals surface area contributed by atoms with Gasteiger partial charge in [-0.15, -0.1) is 0 Å². The molecule has 0 aromatic carbocycles. The molecule has 1 aromatic rings. The van der Waals surface area contributed by atoms with Crippen LogP contribution < -0.4 is 0 Å². The highest BCUT2D eigenvalue weighted by Crippen LogP contribution is 2.01. The van der Waals surface area contributed by atoms with Crippen LogP contribution in [0.15, 0.2) is 24.5 Å². The summed E-state index contributed by atoms with van der Waals surface area (Å²) in [7, 11) is 3.35. The summed E-state index contributed by atoms with van der Waals surface area (Å²) in [5.74, 6) is -0.0436. The third-order valence-electron chi connectivity index (χ3n) is 2.25. The van der Waals surface area contributed by atoms with E-state index in [2.05, 4.69) is 4.98 Å². The summed E-state index contributed by atoms with van der Waals surface area (Å²) >= 11 is 0. The molecule has 1 aromatic heterocycles. The molecule has 0 radical (unpaired) electrons. The lowest BCUT2D eigenvalue weighted by molar-refractivity contribution is -0.135. The number of aromatic nitrogens is 1. The predicted octanol–water partition coefficient (Wildman–Crippen LogP) is 0.703. The Morgan fingerprint density at radius 1 is 1.35 bits per heavy atom. The number of ether oxygens (including phenoxy) is 2. The number of pyridine rings is 1. The molecular formula is C12H18N2O3. The van der Waals surface area contributed by atoms with E-state index in [9.17, 15) is 4.79 Å². The van der Waals surface area contributed by atoms with Crippen LogP contribution in [-0.4, -0.2) is 49.8 Å². The van der Waals surface area contributed by atoms with Gasteiger partial charge in [0, 0.05) is 33.1 Å². The van der Waals surface area contributed by atoms with Gasteiger partial charge in [-0.2, -0.15) is 0 Å². The smallest absolute Gasteiger partial charge is 0.248 e. The minimum atomic E-state index is -0.0436. The molecule has 0 unspecified atom stereocenters. The largest absolute Gasteiger partial charge is 0.382 e. The Bertz CT molecular complexity index is 330. The third-order valence-corrected chi connectivity index (χ3v) is 2.25. The minimum Gasteiger partial charge on any atom is -0.382 e. The molecule has 5 heteroatoms. The van der Waals surface area contributed by atoms with Gasteiger partial charge in [-0.1, -0.05) is 0 Å². The average molecular weight is 238 g/mol. The van der Waals surface area contributed by atoms with Gasteiger partial charge in [0.1, 0.15) is 6.61 Å². The maximum absolute atomic E-state index is 11.7. The number of likely N-dealkylation sites (N-methyl/N-ethyl adjacent to an activating group) is 1. The molecule has 0 bridgehead atoms. The van der Waals surface area contributed by atoms with Crippen molar-refractivity contribution in [2.75, 3.05) is 34.0 Å². The van der Waals surface area contributed by atoms with Crippen LogP contribution in [0.25, 0.3) is 0 Å². The van der Waals surface area contributed by atoms with Crippen molar-refractivity contribution in [3.05, 3.63) is 30.1 Å². The number of hydrogen-bond donors (Lipinski definition) is 0. The molecule has 1 heterocycles. The summed E-state index contributed by atoms with van der Waals surface area (Å²) < 4.78 is 9.99. The van der Waals surface area contributed by atoms with Crippen LogP contribution >= 0.6 is 0 Å². The summed E-state index contributed by atoms with van der Waals surface area (Å²) in [6.45, 7) is 1.59. The number of amides is 1. The Balaban J connectivity index is 2.27. The van der Waals surface area contributed by atoms with E-state index < -0.39 is 0 Å². The van der Waals surface area contributed by atoms with Crippen molar-refractivity contribution in [1.29, 1.82) is 0 Å². The van der Waals surface area contributed by atoms with Crippen LogP contribution in [-0.2, 0) is 20.8 Å². The number of hydrogen-bond acceptors (Lipinski definition) is 4. The standard InChI is InChI=1S/C12H18N2O3/c1-14(9-11-3-5-13-6-4-11)12(15)10-17-8-7-16-2/h3-6H,7-10H2,1-2H3. The maximum atomic E-state index is 11.7. The molecule has 94 valence electrons. The number of nitrogens with zero attached hydrogens (tertiary/aromatic N) is 2. The van der Waals surface area contributed by atoms with Gasteiger partial charge < -0.3 is 14.4 Å². The van der Waals surface area contributed by atoms with Crippen LogP contribution in [0, 0.1) is 0 Å². The fraction of sp³-hybridized carbons (Fsp3) is 0.500. The quantitative estimate of drug-likeness (QED) is 0.656. The summed E-state index contributed by atoms with van der Waals surface area (Å²) in [6.07, 6.45) is 3.42. The first-order valence-electron chi connectivity index (χ1n) is 5.43. The van der Waals surface area contributed by atoms with Crippen LogP contribution in [0.4, 0.5) is 0 Å². The van der Waals surface area contributed by atoms with E-state index in [1.165, 1.54) is 0 Å². The first-order chi connectivity index (χ1) is 8.24. The zero-order chi connectivity index (χ0) is 12.5. The summed E-state index contributed by atoms with van der Waals surface area (Å²) in [4.78, 5) is 17.2. The zero-order valence-electron chi connectivity index (χ0n) is 10.3. The van der Waals surface area contributed by atoms with E-state index in [-0.39, 0.29) is 12.5 Å². The van der Waals surface area contributed by atoms with Gasteiger partial charge in [-0.3, -0.25) is 9.78 Å². The van der Waals surface area contributed by atoms with E-state index in [1.807, 2.05) is 12.1 Å². The topological polar surface area (TPSA) is 51.7 Å². The van der Waals surface area contributed by atoms with Crippen LogP contribution in [0.1, 0.15) is 5.56 Å². The highest BCUT2D eigenvalue weighted by atomic mass is 16.5. The van der Waals surface area contributed by atoms with Crippen molar-refractivity contribution < 1.29 is 14.3 Å². The monoisotopic (exact) mass is 238 g/mol. The molecule has 0 atom stereocenters. The van der Waals surface area contributed by atoms with Gasteiger partial charge in [0.05, 0.1) is 13.2 Å². The van der Waals surface area contributed by atoms with Gasteiger partial charge in [-0.05, 0) is 17.7 Å². The third kappa shape index (κ3) is 5.42. The van der Waals surface area contributed by atoms with Gasteiger partial charge in [0.15, 0.2) is 0 Å². The molecule has 17 heavy (non-hydrogen) atoms. The van der Waals surface area contributed by atoms with Crippen molar-refractivity contribution in [3.8, 4) is 0 Å². The molecule has 0 aliphatic carbocycles. The molecule has 0 aliphatic heterocycles. The van der Waals surface area contributed by atoms with E-state index in [0.717, 1.165) is 5.56 Å². The van der Waals surface area contributed by atoms with Gasteiger partial charge in [0.2, 0.25) is 5.91 Å². The lowest BCUT2D eigenvalue weighted by Crippen LogP contribution is -2.30. The first kappa shape index (κ1) is 13.6. The Morgan fingerprint density at radius 3 is 2.71 bits per heavy atom. The second-order valence-corrected chi connectivity index (χ2v) is 3.65. The second-order valence-electron chi connectivity index (χ2n) is 3.65. The molecular weight excluding hydrogens is 220 g/mol. The SMILES string of the molecule is COCCOCC(=O)N(C)Cc1ccncc1. The molecule has 0 spiro atoms. The van der Waals surface area contributed by atoms with Crippen molar-refractivity contribution in [3.63, 3.8) is 0 Å². The fourth-order valence-electron chi connectivity index (χ4n) is 1.26. The number of rotatable bonds is 7. The van der Waals surface area contributed by atoms with E-state index >= 15 is 0 Å². The average Bonchev–Trinajstić information content (AvgIpc) is 2.35. The number of carbonyl (C=O) groups excluding carboxylic acids is 1. The normalized spacial score (nSPS) is 10.2. The Hall–Kier alpha value is -1.46. The van der Waals surface area contributed by atoms with Crippen molar-refractivity contribution in [2.24, 2.45) is 0 Å². The van der Waals surface area contributed by atoms with E-state index in [0.29, 0.717) is 19.8 Å². The molecule has 1 rings (SSSR count). The molecule has 0 N–H and O–H groups in total. The van der Waals surface area contributed by atoms with Gasteiger partial charge in [-0.25, -0.2) is 0 Å². The highest BCUT2D eigenvalue weighted by molar-refractivity contribution is 5.77. The lowest BCUT2D eigenvalue weighted by atomic mass is 10.2. The number of methoxy groups -OCH3 is 1. The zero-order valence-corrected chi connectivity index (χ0v) is 10.3. The molecule has 5 nitrogen and oxygen atoms in total. The summed E-state index contributed by atoms with van der Waals surface area (Å²) in [5, 5.41) is 0. The lowest BCUT2D eigenvalue weighted by Gasteiger charge is -2.17. The Morgan fingerprint density at radius 2 is 2.06 bits per heavy atom. The van der Waals surface area contributed by atoms with Crippen LogP contribution in [0.5, 0.6) is 0 Å². The van der Waals surface area contributed by atoms with Crippen LogP contribution in [0.3, 0.4) is 0 Å². The molecule has 0 fully saturated rings. The van der Waals surface area contributed by atoms with Crippen molar-refractivity contribution >= 4 is 5.91 Å². The Labute approximate surface area is 101 Å². The molecule has 0 saturated carbocycles. The van der Waals surface area contributed by atoms with Crippen molar-refractivity contribution in [1.82, 2.24) is 9.88 Å². The first-order valence-corrected chi connectivity index (χ1v) is 5.43. The fourth-order valence-corrected chi connectivity index (χ4v) is 1.26. The maximum Gasteiger partial charge on any atom is 0.248 e. The van der Waals surface area contributed by atoms with Gasteiger partial charge >= 0.3 is 0 Å². The van der Waals surface area contributed by atoms with Gasteiger partial charge in [0.25, 0.3) is 0 Å². The second kappa shape index (κ2) is 7.76. The number of carbonyl (C=O) groups is 1. The molecule has 0 saturated heterocycles. The highest BCUT2D eigenvalue weighted by Gasteiger charge is 2.08. The van der Waals surface area contributed by atoms with E-state index in [1.54, 1.807) is 31.5 Å². The van der Waals surface area contributed by atoms with E-state index in [4.69, 9.17) is 9.47 Å². The predicted molar refractivity (Wildman–Crippen MR) is 63.4 cm³/mol.